The first-order valence-corrected chi connectivity index (χ1v) is 20.9. The van der Waals surface area contributed by atoms with Crippen LogP contribution in [0.5, 0.6) is 0 Å². The second kappa shape index (κ2) is 37.6. The average Bonchev–Trinajstić information content (AvgIpc) is 3.04. The van der Waals surface area contributed by atoms with Gasteiger partial charge >= 0.3 is 5.97 Å². The molecule has 0 fully saturated rings. The number of rotatable bonds is 38. The van der Waals surface area contributed by atoms with Gasteiger partial charge in [-0.15, -0.1) is 0 Å². The van der Waals surface area contributed by atoms with E-state index >= 15 is 0 Å². The molecule has 45 heavy (non-hydrogen) atoms. The Hall–Kier alpha value is -0.860. The van der Waals surface area contributed by atoms with Crippen molar-refractivity contribution in [1.82, 2.24) is 0 Å². The highest BCUT2D eigenvalue weighted by Crippen LogP contribution is 2.19. The van der Waals surface area contributed by atoms with E-state index in [0.29, 0.717) is 19.4 Å². The maximum absolute atomic E-state index is 13.0. The lowest BCUT2D eigenvalue weighted by atomic mass is 9.93. The summed E-state index contributed by atoms with van der Waals surface area (Å²) in [5.74, 6) is -0.639. The van der Waals surface area contributed by atoms with E-state index in [1.54, 1.807) is 0 Å². The Balaban J connectivity index is 3.89. The molecule has 0 radical (unpaired) electrons. The molecule has 3 nitrogen and oxygen atoms in total. The Kier molecular flexibility index (Phi) is 36.9. The molecule has 268 valence electrons. The summed E-state index contributed by atoms with van der Waals surface area (Å²) >= 11 is 0. The van der Waals surface area contributed by atoms with Crippen molar-refractivity contribution >= 4 is 11.8 Å². The van der Waals surface area contributed by atoms with E-state index < -0.39 is 5.92 Å². The standard InChI is InChI=1S/C42H82O3/c1-4-7-10-13-15-17-19-21-23-24-26-28-30-32-35-38-41(43)40(37-34-12-9-6-3)42(44)45-39-36-33-31-29-27-25-22-20-18-16-14-11-8-5-2/h40H,4-39H2,1-3H3. The van der Waals surface area contributed by atoms with E-state index in [4.69, 9.17) is 4.74 Å². The van der Waals surface area contributed by atoms with Gasteiger partial charge < -0.3 is 4.74 Å². The van der Waals surface area contributed by atoms with Crippen LogP contribution in [0.25, 0.3) is 0 Å². The Morgan fingerprint density at radius 2 is 0.667 bits per heavy atom. The van der Waals surface area contributed by atoms with Gasteiger partial charge in [-0.1, -0.05) is 220 Å². The SMILES string of the molecule is CCCCCCCCCCCCCCCCCC(=O)C(CCCCCC)C(=O)OCCCCCCCCCCCCCCCC. The molecule has 0 N–H and O–H groups in total. The molecule has 1 unspecified atom stereocenters. The van der Waals surface area contributed by atoms with E-state index in [-0.39, 0.29) is 11.8 Å². The first-order chi connectivity index (χ1) is 22.2. The highest BCUT2D eigenvalue weighted by molar-refractivity contribution is 5.98. The van der Waals surface area contributed by atoms with Crippen LogP contribution in [0, 0.1) is 5.92 Å². The Morgan fingerprint density at radius 1 is 0.378 bits per heavy atom. The highest BCUT2D eigenvalue weighted by Gasteiger charge is 2.26. The molecular weight excluding hydrogens is 552 g/mol. The van der Waals surface area contributed by atoms with Crippen molar-refractivity contribution < 1.29 is 14.3 Å². The van der Waals surface area contributed by atoms with Gasteiger partial charge in [-0.25, -0.2) is 0 Å². The lowest BCUT2D eigenvalue weighted by molar-refractivity contribution is -0.152. The second-order valence-corrected chi connectivity index (χ2v) is 14.3. The Labute approximate surface area is 283 Å². The van der Waals surface area contributed by atoms with Gasteiger partial charge in [0.05, 0.1) is 6.61 Å². The normalized spacial score (nSPS) is 12.1. The van der Waals surface area contributed by atoms with Gasteiger partial charge in [-0.3, -0.25) is 9.59 Å². The largest absolute Gasteiger partial charge is 0.465 e. The Morgan fingerprint density at radius 3 is 1.02 bits per heavy atom. The molecule has 0 bridgehead atoms. The summed E-state index contributed by atoms with van der Waals surface area (Å²) in [6.45, 7) is 7.24. The molecule has 0 saturated carbocycles. The molecule has 0 heterocycles. The minimum Gasteiger partial charge on any atom is -0.465 e. The summed E-state index contributed by atoms with van der Waals surface area (Å²) in [5.41, 5.74) is 0. The number of Topliss-reactive ketones (excluding diaryl/α,β-unsaturated/α-hetero) is 1. The quantitative estimate of drug-likeness (QED) is 0.0385. The molecule has 0 aliphatic carbocycles. The van der Waals surface area contributed by atoms with Gasteiger partial charge in [0.15, 0.2) is 0 Å². The van der Waals surface area contributed by atoms with Crippen LogP contribution in [-0.4, -0.2) is 18.4 Å². The molecule has 0 amide bonds. The van der Waals surface area contributed by atoms with Gasteiger partial charge in [0.2, 0.25) is 0 Å². The molecular formula is C42H82O3. The van der Waals surface area contributed by atoms with Gasteiger partial charge in [0, 0.05) is 6.42 Å². The van der Waals surface area contributed by atoms with Crippen molar-refractivity contribution in [1.29, 1.82) is 0 Å². The molecule has 0 aromatic heterocycles. The van der Waals surface area contributed by atoms with Crippen LogP contribution in [0.3, 0.4) is 0 Å². The van der Waals surface area contributed by atoms with Crippen LogP contribution < -0.4 is 0 Å². The summed E-state index contributed by atoms with van der Waals surface area (Å²) in [5, 5.41) is 0. The van der Waals surface area contributed by atoms with Gasteiger partial charge in [0.25, 0.3) is 0 Å². The van der Waals surface area contributed by atoms with E-state index in [1.165, 1.54) is 173 Å². The summed E-state index contributed by atoms with van der Waals surface area (Å²) in [6, 6.07) is 0. The molecule has 3 heteroatoms. The van der Waals surface area contributed by atoms with Gasteiger partial charge in [0.1, 0.15) is 11.7 Å². The van der Waals surface area contributed by atoms with Crippen molar-refractivity contribution in [2.24, 2.45) is 5.92 Å². The van der Waals surface area contributed by atoms with E-state index in [2.05, 4.69) is 20.8 Å². The number of carbonyl (C=O) groups excluding carboxylic acids is 2. The molecule has 0 aliphatic rings. The number of ketones is 1. The smallest absolute Gasteiger partial charge is 0.316 e. The third-order valence-electron chi connectivity index (χ3n) is 9.79. The van der Waals surface area contributed by atoms with Crippen molar-refractivity contribution in [3.05, 3.63) is 0 Å². The van der Waals surface area contributed by atoms with Crippen molar-refractivity contribution in [3.63, 3.8) is 0 Å². The zero-order valence-corrected chi connectivity index (χ0v) is 31.3. The fourth-order valence-corrected chi connectivity index (χ4v) is 6.60. The molecule has 0 rings (SSSR count). The molecule has 0 aromatic carbocycles. The summed E-state index contributed by atoms with van der Waals surface area (Å²) in [6.07, 6.45) is 44.0. The Bertz CT molecular complexity index is 555. The van der Waals surface area contributed by atoms with Crippen LogP contribution in [-0.2, 0) is 14.3 Å². The topological polar surface area (TPSA) is 43.4 Å². The lowest BCUT2D eigenvalue weighted by Gasteiger charge is -2.15. The van der Waals surface area contributed by atoms with E-state index in [0.717, 1.165) is 38.5 Å². The monoisotopic (exact) mass is 635 g/mol. The molecule has 0 aromatic rings. The lowest BCUT2D eigenvalue weighted by Crippen LogP contribution is -2.26. The number of hydrogen-bond donors (Lipinski definition) is 0. The summed E-state index contributed by atoms with van der Waals surface area (Å²) in [4.78, 5) is 25.9. The summed E-state index contributed by atoms with van der Waals surface area (Å²) in [7, 11) is 0. The molecule has 0 saturated heterocycles. The zero-order valence-electron chi connectivity index (χ0n) is 31.3. The average molecular weight is 635 g/mol. The minimum atomic E-state index is -0.528. The third kappa shape index (κ3) is 32.9. The number of unbranched alkanes of at least 4 members (excludes halogenated alkanes) is 30. The zero-order chi connectivity index (χ0) is 32.9. The third-order valence-corrected chi connectivity index (χ3v) is 9.79. The first-order valence-electron chi connectivity index (χ1n) is 20.9. The summed E-state index contributed by atoms with van der Waals surface area (Å²) < 4.78 is 5.66. The minimum absolute atomic E-state index is 0.132. The van der Waals surface area contributed by atoms with Gasteiger partial charge in [-0.05, 0) is 19.3 Å². The molecule has 1 atom stereocenters. The van der Waals surface area contributed by atoms with Crippen molar-refractivity contribution in [3.8, 4) is 0 Å². The predicted octanol–water partition coefficient (Wildman–Crippen LogP) is 14.4. The first kappa shape index (κ1) is 44.1. The van der Waals surface area contributed by atoms with E-state index in [9.17, 15) is 9.59 Å². The number of esters is 1. The molecule has 0 spiro atoms. The second-order valence-electron chi connectivity index (χ2n) is 14.3. The van der Waals surface area contributed by atoms with Crippen LogP contribution in [0.4, 0.5) is 0 Å². The van der Waals surface area contributed by atoms with Crippen LogP contribution in [0.15, 0.2) is 0 Å². The van der Waals surface area contributed by atoms with E-state index in [1.807, 2.05) is 0 Å². The maximum Gasteiger partial charge on any atom is 0.316 e. The maximum atomic E-state index is 13.0. The number of ether oxygens (including phenoxy) is 1. The van der Waals surface area contributed by atoms with Crippen molar-refractivity contribution in [2.75, 3.05) is 6.61 Å². The fraction of sp³-hybridized carbons (Fsp3) is 0.952. The number of hydrogen-bond acceptors (Lipinski definition) is 3. The van der Waals surface area contributed by atoms with Crippen LogP contribution >= 0.6 is 0 Å². The van der Waals surface area contributed by atoms with Crippen LogP contribution in [0.1, 0.15) is 245 Å². The molecule has 0 aliphatic heterocycles. The van der Waals surface area contributed by atoms with Crippen LogP contribution in [0.2, 0.25) is 0 Å². The van der Waals surface area contributed by atoms with Gasteiger partial charge in [-0.2, -0.15) is 0 Å². The fourth-order valence-electron chi connectivity index (χ4n) is 6.60. The highest BCUT2D eigenvalue weighted by atomic mass is 16.5. The number of carbonyl (C=O) groups is 2. The van der Waals surface area contributed by atoms with Crippen molar-refractivity contribution in [2.45, 2.75) is 245 Å². The predicted molar refractivity (Wildman–Crippen MR) is 198 cm³/mol.